The van der Waals surface area contributed by atoms with E-state index in [1.807, 2.05) is 29.3 Å². The molecule has 2 saturated carbocycles. The standard InChI is InChI=1S/C41H48Cl2N8O5/c1-24(52)20-51-18-11-32-30(22-51)45-36(49(32)3)38(54)47-28-9-5-7-26(34(28)43)25-6-4-8-27(33(25)42)46-37(53)35-44-29-21-50(17-10-31(29)48(35)2)19-16-40-12-14-41(23-40,15-13-40)39(55)56/h4-9,24,52H,10-23H2,1-3H3,(H,46,53)(H,47,54)(H,55,56). The Balaban J connectivity index is 0.938. The number of nitrogens with zero attached hydrogens (tertiary/aromatic N) is 6. The molecule has 15 heteroatoms. The van der Waals surface area contributed by atoms with Crippen molar-refractivity contribution in [2.45, 2.75) is 77.5 Å². The van der Waals surface area contributed by atoms with Gasteiger partial charge in [-0.15, -0.1) is 0 Å². The van der Waals surface area contributed by atoms with Crippen LogP contribution in [-0.4, -0.2) is 89.2 Å². The summed E-state index contributed by atoms with van der Waals surface area (Å²) in [5.41, 5.74) is 5.30. The molecule has 2 bridgehead atoms. The van der Waals surface area contributed by atoms with E-state index in [0.29, 0.717) is 53.0 Å². The molecule has 2 aliphatic heterocycles. The third-order valence-corrected chi connectivity index (χ3v) is 13.6. The minimum atomic E-state index is -0.631. The average molecular weight is 804 g/mol. The number of carboxylic acid groups (broad SMARTS) is 1. The van der Waals surface area contributed by atoms with Gasteiger partial charge in [0, 0.05) is 82.2 Å². The zero-order valence-corrected chi connectivity index (χ0v) is 33.5. The van der Waals surface area contributed by atoms with Crippen LogP contribution in [0.15, 0.2) is 36.4 Å². The van der Waals surface area contributed by atoms with E-state index in [4.69, 9.17) is 28.2 Å². The van der Waals surface area contributed by atoms with Crippen LogP contribution in [0.25, 0.3) is 11.1 Å². The summed E-state index contributed by atoms with van der Waals surface area (Å²) in [6.07, 6.45) is 6.38. The van der Waals surface area contributed by atoms with Crippen LogP contribution < -0.4 is 10.6 Å². The number of carbonyl (C=O) groups is 3. The van der Waals surface area contributed by atoms with Gasteiger partial charge < -0.3 is 30.0 Å². The average Bonchev–Trinajstić information content (AvgIpc) is 3.92. The molecule has 4 aromatic rings. The molecule has 4 heterocycles. The summed E-state index contributed by atoms with van der Waals surface area (Å²) in [7, 11) is 3.69. The van der Waals surface area contributed by atoms with Crippen molar-refractivity contribution in [3.63, 3.8) is 0 Å². The Morgan fingerprint density at radius 2 is 1.30 bits per heavy atom. The number of benzene rings is 2. The molecule has 2 aromatic heterocycles. The van der Waals surface area contributed by atoms with Gasteiger partial charge in [-0.1, -0.05) is 47.5 Å². The number of fused-ring (bicyclic) bond motifs is 4. The van der Waals surface area contributed by atoms with Gasteiger partial charge in [-0.05, 0) is 69.5 Å². The number of aliphatic hydroxyl groups is 1. The lowest BCUT2D eigenvalue weighted by Crippen LogP contribution is -2.36. The normalized spacial score (nSPS) is 22.5. The van der Waals surface area contributed by atoms with E-state index in [1.54, 1.807) is 37.3 Å². The second-order valence-corrected chi connectivity index (χ2v) is 17.1. The van der Waals surface area contributed by atoms with E-state index in [0.717, 1.165) is 93.8 Å². The monoisotopic (exact) mass is 802 g/mol. The number of aliphatic hydroxyl groups excluding tert-OH is 1. The van der Waals surface area contributed by atoms with E-state index in [9.17, 15) is 24.6 Å². The maximum absolute atomic E-state index is 13.7. The number of aliphatic carboxylic acids is 1. The summed E-state index contributed by atoms with van der Waals surface area (Å²) in [4.78, 5) is 53.2. The highest BCUT2D eigenvalue weighted by Gasteiger charge is 2.57. The summed E-state index contributed by atoms with van der Waals surface area (Å²) in [6.45, 7) is 6.02. The maximum Gasteiger partial charge on any atom is 0.309 e. The lowest BCUT2D eigenvalue weighted by molar-refractivity contribution is -0.148. The molecular formula is C41H48Cl2N8O5. The van der Waals surface area contributed by atoms with E-state index in [1.165, 1.54) is 0 Å². The molecule has 13 nitrogen and oxygen atoms in total. The minimum Gasteiger partial charge on any atom is -0.481 e. The van der Waals surface area contributed by atoms with Crippen LogP contribution in [0.3, 0.4) is 0 Å². The zero-order chi connectivity index (χ0) is 39.5. The first kappa shape index (κ1) is 38.6. The minimum absolute atomic E-state index is 0.129. The molecular weight excluding hydrogens is 755 g/mol. The van der Waals surface area contributed by atoms with Crippen molar-refractivity contribution < 1.29 is 24.6 Å². The zero-order valence-electron chi connectivity index (χ0n) is 32.0. The third-order valence-electron chi connectivity index (χ3n) is 12.8. The smallest absolute Gasteiger partial charge is 0.309 e. The molecule has 2 aliphatic carbocycles. The van der Waals surface area contributed by atoms with Crippen LogP contribution in [0.4, 0.5) is 11.4 Å². The Kier molecular flexibility index (Phi) is 10.3. The van der Waals surface area contributed by atoms with Gasteiger partial charge in [-0.3, -0.25) is 24.2 Å². The second kappa shape index (κ2) is 14.9. The number of carboxylic acids is 1. The maximum atomic E-state index is 13.7. The number of carbonyl (C=O) groups excluding carboxylic acids is 2. The van der Waals surface area contributed by atoms with Crippen LogP contribution >= 0.6 is 23.2 Å². The number of β-amino-alcohol motifs (C(OH)–C–C–N with tert-alkyl or cyclic N) is 1. The summed E-state index contributed by atoms with van der Waals surface area (Å²) in [5, 5.41) is 26.1. The summed E-state index contributed by atoms with van der Waals surface area (Å²) < 4.78 is 3.68. The number of halogens is 2. The fourth-order valence-electron chi connectivity index (χ4n) is 9.67. The number of hydrogen-bond donors (Lipinski definition) is 4. The van der Waals surface area contributed by atoms with Gasteiger partial charge in [0.25, 0.3) is 11.8 Å². The molecule has 4 aliphatic rings. The van der Waals surface area contributed by atoms with Crippen molar-refractivity contribution in [3.05, 3.63) is 80.9 Å². The highest BCUT2D eigenvalue weighted by molar-refractivity contribution is 6.40. The third kappa shape index (κ3) is 7.02. The first-order valence-corrected chi connectivity index (χ1v) is 20.2. The van der Waals surface area contributed by atoms with Crippen LogP contribution in [0.5, 0.6) is 0 Å². The van der Waals surface area contributed by atoms with Crippen LogP contribution in [0.1, 0.15) is 89.5 Å². The van der Waals surface area contributed by atoms with Crippen molar-refractivity contribution in [2.75, 3.05) is 36.8 Å². The highest BCUT2D eigenvalue weighted by Crippen LogP contribution is 2.63. The Bertz CT molecular complexity index is 2220. The van der Waals surface area contributed by atoms with Crippen LogP contribution in [-0.2, 0) is 44.8 Å². The van der Waals surface area contributed by atoms with Gasteiger partial charge in [0.2, 0.25) is 0 Å². The first-order chi connectivity index (χ1) is 26.8. The lowest BCUT2D eigenvalue weighted by atomic mass is 9.80. The number of anilines is 2. The number of amides is 2. The van der Waals surface area contributed by atoms with Gasteiger partial charge in [-0.2, -0.15) is 0 Å². The molecule has 0 radical (unpaired) electrons. The topological polar surface area (TPSA) is 158 Å². The van der Waals surface area contributed by atoms with E-state index < -0.39 is 23.4 Å². The fourth-order valence-corrected chi connectivity index (χ4v) is 10.2. The van der Waals surface area contributed by atoms with E-state index in [2.05, 4.69) is 25.4 Å². The SMILES string of the molecule is CC(O)CN1CCc2c(nc(C(=O)Nc3cccc(-c4cccc(NC(=O)c5nc6c(n5C)CCN(CCC57CCC(C(=O)O)(CC5)C7)C6)c4Cl)c3Cl)n2C)C1. The predicted molar refractivity (Wildman–Crippen MR) is 214 cm³/mol. The number of hydrogen-bond acceptors (Lipinski definition) is 8. The van der Waals surface area contributed by atoms with Crippen molar-refractivity contribution in [2.24, 2.45) is 24.9 Å². The van der Waals surface area contributed by atoms with Gasteiger partial charge in [-0.25, -0.2) is 9.97 Å². The lowest BCUT2D eigenvalue weighted by Gasteiger charge is -2.32. The number of nitrogens with one attached hydrogen (secondary N) is 2. The quantitative estimate of drug-likeness (QED) is 0.140. The summed E-state index contributed by atoms with van der Waals surface area (Å²) in [6, 6.07) is 10.6. The van der Waals surface area contributed by atoms with Crippen molar-refractivity contribution >= 4 is 52.4 Å². The molecule has 8 rings (SSSR count). The molecule has 0 saturated heterocycles. The van der Waals surface area contributed by atoms with E-state index >= 15 is 0 Å². The van der Waals surface area contributed by atoms with Gasteiger partial charge in [0.1, 0.15) is 0 Å². The van der Waals surface area contributed by atoms with Gasteiger partial charge >= 0.3 is 5.97 Å². The molecule has 4 N–H and O–H groups in total. The molecule has 2 fully saturated rings. The second-order valence-electron chi connectivity index (χ2n) is 16.4. The number of imidazole rings is 2. The predicted octanol–water partition coefficient (Wildman–Crippen LogP) is 6.15. The molecule has 1 unspecified atom stereocenters. The fraction of sp³-hybridized carbons (Fsp3) is 0.488. The van der Waals surface area contributed by atoms with Crippen molar-refractivity contribution in [1.82, 2.24) is 28.9 Å². The summed E-state index contributed by atoms with van der Waals surface area (Å²) in [5.74, 6) is -0.845. The Hall–Kier alpha value is -4.27. The van der Waals surface area contributed by atoms with Gasteiger partial charge in [0.15, 0.2) is 11.6 Å². The van der Waals surface area contributed by atoms with Crippen molar-refractivity contribution in [1.29, 1.82) is 0 Å². The van der Waals surface area contributed by atoms with E-state index in [-0.39, 0.29) is 22.2 Å². The van der Waals surface area contributed by atoms with Crippen LogP contribution in [0.2, 0.25) is 10.0 Å². The number of rotatable bonds is 11. The molecule has 1 atom stereocenters. The first-order valence-electron chi connectivity index (χ1n) is 19.4. The molecule has 0 spiro atoms. The molecule has 56 heavy (non-hydrogen) atoms. The number of aromatic nitrogens is 4. The molecule has 2 amide bonds. The Labute approximate surface area is 336 Å². The Morgan fingerprint density at radius 3 is 1.79 bits per heavy atom. The highest BCUT2D eigenvalue weighted by atomic mass is 35.5. The molecule has 2 aromatic carbocycles. The van der Waals surface area contributed by atoms with Crippen LogP contribution in [0, 0.1) is 10.8 Å². The summed E-state index contributed by atoms with van der Waals surface area (Å²) >= 11 is 13.9. The molecule has 296 valence electrons. The Morgan fingerprint density at radius 1 is 0.804 bits per heavy atom. The largest absolute Gasteiger partial charge is 0.481 e. The van der Waals surface area contributed by atoms with Crippen molar-refractivity contribution in [3.8, 4) is 11.1 Å². The van der Waals surface area contributed by atoms with Gasteiger partial charge in [0.05, 0.1) is 44.3 Å².